The van der Waals surface area contributed by atoms with E-state index < -0.39 is 0 Å². The highest BCUT2D eigenvalue weighted by Crippen LogP contribution is 2.19. The highest BCUT2D eigenvalue weighted by molar-refractivity contribution is 9.10. The number of benzene rings is 2. The second-order valence-electron chi connectivity index (χ2n) is 7.17. The number of hydrogen-bond donors (Lipinski definition) is 2. The van der Waals surface area contributed by atoms with Crippen LogP contribution in [-0.2, 0) is 9.59 Å². The molecule has 0 aromatic heterocycles. The highest BCUT2D eigenvalue weighted by atomic mass is 79.9. The normalized spacial score (nSPS) is 14.3. The predicted molar refractivity (Wildman–Crippen MR) is 115 cm³/mol. The molecule has 1 aliphatic rings. The lowest BCUT2D eigenvalue weighted by molar-refractivity contribution is -0.126. The maximum absolute atomic E-state index is 13.0. The van der Waals surface area contributed by atoms with Crippen LogP contribution in [0.15, 0.2) is 53.0 Å². The average Bonchev–Trinajstić information content (AvgIpc) is 2.75. The fourth-order valence-electron chi connectivity index (χ4n) is 3.32. The largest absolute Gasteiger partial charge is 0.355 e. The average molecular weight is 476 g/mol. The lowest BCUT2D eigenvalue weighted by atomic mass is 9.95. The van der Waals surface area contributed by atoms with Crippen LogP contribution in [0.25, 0.3) is 0 Å². The molecule has 3 amide bonds. The monoisotopic (exact) mass is 475 g/mol. The summed E-state index contributed by atoms with van der Waals surface area (Å²) in [6.45, 7) is 1.20. The first-order valence-corrected chi connectivity index (χ1v) is 10.6. The van der Waals surface area contributed by atoms with Crippen LogP contribution in [0, 0.1) is 11.7 Å². The van der Waals surface area contributed by atoms with Gasteiger partial charge in [-0.25, -0.2) is 4.39 Å². The minimum absolute atomic E-state index is 0.0969. The number of piperidine rings is 1. The molecule has 8 heteroatoms. The zero-order valence-corrected chi connectivity index (χ0v) is 18.0. The van der Waals surface area contributed by atoms with E-state index in [-0.39, 0.29) is 42.4 Å². The van der Waals surface area contributed by atoms with Gasteiger partial charge in [-0.2, -0.15) is 0 Å². The highest BCUT2D eigenvalue weighted by Gasteiger charge is 2.27. The molecule has 0 aliphatic carbocycles. The van der Waals surface area contributed by atoms with Crippen LogP contribution in [0.5, 0.6) is 0 Å². The van der Waals surface area contributed by atoms with Gasteiger partial charge in [-0.1, -0.05) is 15.9 Å². The number of carbonyl (C=O) groups is 3. The molecule has 0 atom stereocenters. The van der Waals surface area contributed by atoms with Crippen molar-refractivity contribution >= 4 is 39.3 Å². The molecule has 6 nitrogen and oxygen atoms in total. The Bertz CT molecular complexity index is 895. The third-order valence-electron chi connectivity index (χ3n) is 5.02. The van der Waals surface area contributed by atoms with Crippen molar-refractivity contribution in [3.8, 4) is 0 Å². The maximum atomic E-state index is 13.0. The Hall–Kier alpha value is -2.74. The lowest BCUT2D eigenvalue weighted by Crippen LogP contribution is -2.43. The number of nitrogens with zero attached hydrogens (tertiary/aromatic N) is 1. The van der Waals surface area contributed by atoms with E-state index in [0.29, 0.717) is 37.2 Å². The Morgan fingerprint density at radius 1 is 1.00 bits per heavy atom. The summed E-state index contributed by atoms with van der Waals surface area (Å²) in [4.78, 5) is 38.5. The van der Waals surface area contributed by atoms with Crippen molar-refractivity contribution < 1.29 is 18.8 Å². The van der Waals surface area contributed by atoms with Gasteiger partial charge >= 0.3 is 0 Å². The van der Waals surface area contributed by atoms with Gasteiger partial charge in [-0.3, -0.25) is 14.4 Å². The third-order valence-corrected chi connectivity index (χ3v) is 5.55. The van der Waals surface area contributed by atoms with Crippen LogP contribution in [0.4, 0.5) is 10.1 Å². The molecule has 158 valence electrons. The Kier molecular flexibility index (Phi) is 7.57. The molecule has 0 spiro atoms. The topological polar surface area (TPSA) is 78.5 Å². The van der Waals surface area contributed by atoms with E-state index in [1.54, 1.807) is 17.0 Å². The molecule has 0 unspecified atom stereocenters. The lowest BCUT2D eigenvalue weighted by Gasteiger charge is -2.31. The van der Waals surface area contributed by atoms with Gasteiger partial charge in [0.1, 0.15) is 5.82 Å². The first-order valence-electron chi connectivity index (χ1n) is 9.80. The number of hydrogen-bond acceptors (Lipinski definition) is 3. The number of carbonyl (C=O) groups excluding carboxylic acids is 3. The van der Waals surface area contributed by atoms with Gasteiger partial charge in [0.05, 0.1) is 0 Å². The second kappa shape index (κ2) is 10.3. The standard InChI is InChI=1S/C22H23BrFN3O3/c23-17-3-7-19(8-4-17)26-20(28)9-12-25-21(29)15-10-13-27(14-11-15)22(30)16-1-5-18(24)6-2-16/h1-8,15H,9-14H2,(H,25,29)(H,26,28). The molecule has 0 bridgehead atoms. The van der Waals surface area contributed by atoms with Crippen LogP contribution in [0.1, 0.15) is 29.6 Å². The summed E-state index contributed by atoms with van der Waals surface area (Å²) in [7, 11) is 0. The quantitative estimate of drug-likeness (QED) is 0.669. The number of rotatable bonds is 6. The summed E-state index contributed by atoms with van der Waals surface area (Å²) in [5.74, 6) is -0.986. The summed E-state index contributed by atoms with van der Waals surface area (Å²) in [6.07, 6.45) is 1.30. The third kappa shape index (κ3) is 6.13. The summed E-state index contributed by atoms with van der Waals surface area (Å²) in [5, 5.41) is 5.59. The first-order chi connectivity index (χ1) is 14.4. The molecule has 1 fully saturated rings. The Morgan fingerprint density at radius 2 is 1.63 bits per heavy atom. The predicted octanol–water partition coefficient (Wildman–Crippen LogP) is 3.59. The number of halogens is 2. The fourth-order valence-corrected chi connectivity index (χ4v) is 3.58. The Labute approximate surface area is 183 Å². The first kappa shape index (κ1) is 22.0. The molecule has 0 radical (unpaired) electrons. The molecule has 3 rings (SSSR count). The van der Waals surface area contributed by atoms with E-state index in [2.05, 4.69) is 26.6 Å². The summed E-state index contributed by atoms with van der Waals surface area (Å²) >= 11 is 3.34. The maximum Gasteiger partial charge on any atom is 0.253 e. The molecule has 2 aromatic rings. The van der Waals surface area contributed by atoms with Crippen LogP contribution in [0.2, 0.25) is 0 Å². The van der Waals surface area contributed by atoms with Crippen molar-refractivity contribution in [3.63, 3.8) is 0 Å². The van der Waals surface area contributed by atoms with E-state index in [9.17, 15) is 18.8 Å². The minimum Gasteiger partial charge on any atom is -0.355 e. The van der Waals surface area contributed by atoms with Gasteiger partial charge in [0.25, 0.3) is 5.91 Å². The van der Waals surface area contributed by atoms with Crippen molar-refractivity contribution in [2.75, 3.05) is 25.0 Å². The van der Waals surface area contributed by atoms with Crippen molar-refractivity contribution in [3.05, 3.63) is 64.4 Å². The van der Waals surface area contributed by atoms with E-state index in [4.69, 9.17) is 0 Å². The van der Waals surface area contributed by atoms with Gasteiger partial charge in [-0.05, 0) is 61.4 Å². The number of likely N-dealkylation sites (tertiary alicyclic amines) is 1. The Morgan fingerprint density at radius 3 is 2.27 bits per heavy atom. The van der Waals surface area contributed by atoms with Gasteiger partial charge in [0.15, 0.2) is 0 Å². The molecular formula is C22H23BrFN3O3. The molecule has 30 heavy (non-hydrogen) atoms. The summed E-state index contributed by atoms with van der Waals surface area (Å²) in [5.41, 5.74) is 1.14. The molecule has 2 N–H and O–H groups in total. The zero-order valence-electron chi connectivity index (χ0n) is 16.4. The second-order valence-corrected chi connectivity index (χ2v) is 8.09. The van der Waals surface area contributed by atoms with Gasteiger partial charge < -0.3 is 15.5 Å². The smallest absolute Gasteiger partial charge is 0.253 e. The molecule has 2 aromatic carbocycles. The van der Waals surface area contributed by atoms with Gasteiger partial charge in [0, 0.05) is 47.7 Å². The number of nitrogens with one attached hydrogen (secondary N) is 2. The van der Waals surface area contributed by atoms with E-state index >= 15 is 0 Å². The minimum atomic E-state index is -0.382. The van der Waals surface area contributed by atoms with E-state index in [1.165, 1.54) is 24.3 Å². The number of anilines is 1. The van der Waals surface area contributed by atoms with Crippen LogP contribution >= 0.6 is 15.9 Å². The Balaban J connectivity index is 1.37. The molecular weight excluding hydrogens is 453 g/mol. The van der Waals surface area contributed by atoms with Crippen molar-refractivity contribution in [2.45, 2.75) is 19.3 Å². The summed E-state index contributed by atoms with van der Waals surface area (Å²) < 4.78 is 13.9. The van der Waals surface area contributed by atoms with Gasteiger partial charge in [-0.15, -0.1) is 0 Å². The van der Waals surface area contributed by atoms with Crippen molar-refractivity contribution in [1.82, 2.24) is 10.2 Å². The SMILES string of the molecule is O=C(CCNC(=O)C1CCN(C(=O)c2ccc(F)cc2)CC1)Nc1ccc(Br)cc1. The molecule has 0 saturated carbocycles. The van der Waals surface area contributed by atoms with Crippen LogP contribution in [-0.4, -0.2) is 42.3 Å². The molecule has 1 heterocycles. The fraction of sp³-hybridized carbons (Fsp3) is 0.318. The van der Waals surface area contributed by atoms with E-state index in [0.717, 1.165) is 4.47 Å². The summed E-state index contributed by atoms with van der Waals surface area (Å²) in [6, 6.07) is 12.7. The van der Waals surface area contributed by atoms with Crippen molar-refractivity contribution in [2.24, 2.45) is 5.92 Å². The number of amides is 3. The van der Waals surface area contributed by atoms with Crippen LogP contribution < -0.4 is 10.6 Å². The van der Waals surface area contributed by atoms with Gasteiger partial charge in [0.2, 0.25) is 11.8 Å². The molecule has 1 aliphatic heterocycles. The van der Waals surface area contributed by atoms with Crippen molar-refractivity contribution in [1.29, 1.82) is 0 Å². The van der Waals surface area contributed by atoms with Crippen LogP contribution in [0.3, 0.4) is 0 Å². The van der Waals surface area contributed by atoms with E-state index in [1.807, 2.05) is 12.1 Å². The molecule has 1 saturated heterocycles. The zero-order chi connectivity index (χ0) is 21.5.